The third-order valence-electron chi connectivity index (χ3n) is 9.76. The van der Waals surface area contributed by atoms with Gasteiger partial charge in [0.25, 0.3) is 23.6 Å². The number of carbonyl (C=O) groups is 6. The van der Waals surface area contributed by atoms with Gasteiger partial charge in [0.15, 0.2) is 0 Å². The van der Waals surface area contributed by atoms with Crippen molar-refractivity contribution in [2.45, 2.75) is 101 Å². The molecule has 0 spiro atoms. The number of carbonyl (C=O) groups excluding carboxylic acids is 6. The first-order valence-electron chi connectivity index (χ1n) is 20.6. The van der Waals surface area contributed by atoms with E-state index in [1.165, 1.54) is 55.4 Å². The third-order valence-corrected chi connectivity index (χ3v) is 9.76. The summed E-state index contributed by atoms with van der Waals surface area (Å²) in [5, 5.41) is 79.1. The summed E-state index contributed by atoms with van der Waals surface area (Å²) >= 11 is 0. The lowest BCUT2D eigenvalue weighted by atomic mass is 9.89. The SMILES string of the molecule is CC.CC.CC(=O)N(CC(O)CN(C(C)=O)c1c(C)c(C(=O)NCCO)c(C)c(C(=O)NC(CO)CO)c1C)c1c(C)c(C(=O)NCCO)c(C)c(C(=O)NC(CO)CO)c1C. The number of amides is 6. The van der Waals surface area contributed by atoms with Gasteiger partial charge in [-0.3, -0.25) is 28.8 Å². The average molecular weight is 879 g/mol. The fourth-order valence-corrected chi connectivity index (χ4v) is 7.15. The van der Waals surface area contributed by atoms with Gasteiger partial charge in [0.1, 0.15) is 0 Å². The summed E-state index contributed by atoms with van der Waals surface area (Å²) in [7, 11) is 0. The van der Waals surface area contributed by atoms with Crippen molar-refractivity contribution in [1.29, 1.82) is 0 Å². The van der Waals surface area contributed by atoms with E-state index in [0.717, 1.165) is 9.80 Å². The van der Waals surface area contributed by atoms with Crippen LogP contribution < -0.4 is 31.1 Å². The normalized spacial score (nSPS) is 10.7. The number of nitrogens with zero attached hydrogens (tertiary/aromatic N) is 2. The highest BCUT2D eigenvalue weighted by Crippen LogP contribution is 2.37. The Morgan fingerprint density at radius 2 is 0.726 bits per heavy atom. The molecule has 350 valence electrons. The first kappa shape index (κ1) is 57.0. The molecule has 0 heterocycles. The molecule has 2 aromatic rings. The second-order valence-corrected chi connectivity index (χ2v) is 13.9. The lowest BCUT2D eigenvalue weighted by molar-refractivity contribution is -0.117. The van der Waals surface area contributed by atoms with Gasteiger partial charge in [0.2, 0.25) is 11.8 Å². The molecule has 0 aliphatic carbocycles. The Bertz CT molecular complexity index is 1730. The van der Waals surface area contributed by atoms with Gasteiger partial charge in [-0.25, -0.2) is 0 Å². The summed E-state index contributed by atoms with van der Waals surface area (Å²) in [6, 6.07) is -2.11. The molecule has 0 aliphatic rings. The lowest BCUT2D eigenvalue weighted by Gasteiger charge is -2.34. The largest absolute Gasteiger partial charge is 0.395 e. The van der Waals surface area contributed by atoms with Gasteiger partial charge in [-0.1, -0.05) is 27.7 Å². The van der Waals surface area contributed by atoms with Gasteiger partial charge in [-0.05, 0) is 74.9 Å². The van der Waals surface area contributed by atoms with Crippen LogP contribution in [0.15, 0.2) is 0 Å². The molecule has 2 rings (SSSR count). The van der Waals surface area contributed by atoms with Crippen LogP contribution in [0.5, 0.6) is 0 Å². The van der Waals surface area contributed by atoms with Crippen LogP contribution in [-0.4, -0.2) is 155 Å². The number of aliphatic hydroxyl groups is 7. The van der Waals surface area contributed by atoms with Gasteiger partial charge < -0.3 is 66.8 Å². The van der Waals surface area contributed by atoms with Crippen molar-refractivity contribution in [3.8, 4) is 0 Å². The zero-order chi connectivity index (χ0) is 48.2. The second-order valence-electron chi connectivity index (χ2n) is 13.9. The van der Waals surface area contributed by atoms with Crippen molar-refractivity contribution in [3.63, 3.8) is 0 Å². The first-order chi connectivity index (χ1) is 29.3. The number of rotatable bonds is 20. The Labute approximate surface area is 364 Å². The average Bonchev–Trinajstić information content (AvgIpc) is 3.23. The summed E-state index contributed by atoms with van der Waals surface area (Å²) in [6.07, 6.45) is -1.55. The summed E-state index contributed by atoms with van der Waals surface area (Å²) in [5.41, 5.74) is 1.28. The molecule has 6 amide bonds. The van der Waals surface area contributed by atoms with Crippen LogP contribution in [0.2, 0.25) is 0 Å². The van der Waals surface area contributed by atoms with Crippen molar-refractivity contribution in [2.24, 2.45) is 0 Å². The van der Waals surface area contributed by atoms with Gasteiger partial charge in [0.05, 0.1) is 82.3 Å². The molecule has 19 heteroatoms. The molecule has 0 fully saturated rings. The zero-order valence-corrected chi connectivity index (χ0v) is 38.3. The molecule has 11 N–H and O–H groups in total. The smallest absolute Gasteiger partial charge is 0.252 e. The van der Waals surface area contributed by atoms with E-state index in [0.29, 0.717) is 0 Å². The van der Waals surface area contributed by atoms with Crippen LogP contribution in [-0.2, 0) is 9.59 Å². The number of aliphatic hydroxyl groups excluding tert-OH is 7. The van der Waals surface area contributed by atoms with Crippen molar-refractivity contribution in [1.82, 2.24) is 21.3 Å². The topological polar surface area (TPSA) is 299 Å². The molecule has 2 aromatic carbocycles. The van der Waals surface area contributed by atoms with Crippen LogP contribution >= 0.6 is 0 Å². The zero-order valence-electron chi connectivity index (χ0n) is 38.3. The van der Waals surface area contributed by atoms with Crippen molar-refractivity contribution >= 4 is 46.8 Å². The monoisotopic (exact) mass is 879 g/mol. The van der Waals surface area contributed by atoms with E-state index in [9.17, 15) is 64.5 Å². The highest BCUT2D eigenvalue weighted by Gasteiger charge is 2.33. The maximum Gasteiger partial charge on any atom is 0.252 e. The Morgan fingerprint density at radius 1 is 0.468 bits per heavy atom. The van der Waals surface area contributed by atoms with Crippen molar-refractivity contribution in [2.75, 3.05) is 75.6 Å². The van der Waals surface area contributed by atoms with Crippen molar-refractivity contribution < 1.29 is 64.5 Å². The number of anilines is 2. The molecule has 0 bridgehead atoms. The molecule has 19 nitrogen and oxygen atoms in total. The van der Waals surface area contributed by atoms with Gasteiger partial charge in [0, 0.05) is 49.2 Å². The first-order valence-corrected chi connectivity index (χ1v) is 20.6. The summed E-state index contributed by atoms with van der Waals surface area (Å²) < 4.78 is 0. The Kier molecular flexibility index (Phi) is 25.6. The lowest BCUT2D eigenvalue weighted by Crippen LogP contribution is -2.46. The summed E-state index contributed by atoms with van der Waals surface area (Å²) in [4.78, 5) is 83.5. The molecule has 0 aromatic heterocycles. The van der Waals surface area contributed by atoms with Crippen LogP contribution in [0.3, 0.4) is 0 Å². The molecule has 0 saturated heterocycles. The Balaban J connectivity index is 0.00000902. The van der Waals surface area contributed by atoms with Gasteiger partial charge in [-0.15, -0.1) is 0 Å². The molecule has 62 heavy (non-hydrogen) atoms. The quantitative estimate of drug-likeness (QED) is 0.0834. The molecule has 0 radical (unpaired) electrons. The maximum absolute atomic E-state index is 13.7. The molecule has 0 unspecified atom stereocenters. The highest BCUT2D eigenvalue weighted by atomic mass is 16.3. The number of hydrogen-bond donors (Lipinski definition) is 11. The van der Waals surface area contributed by atoms with Crippen LogP contribution in [0.25, 0.3) is 0 Å². The van der Waals surface area contributed by atoms with E-state index >= 15 is 0 Å². The van der Waals surface area contributed by atoms with Crippen LogP contribution in [0.1, 0.15) is 116 Å². The van der Waals surface area contributed by atoms with E-state index in [2.05, 4.69) is 21.3 Å². The molecule has 0 atom stereocenters. The predicted molar refractivity (Wildman–Crippen MR) is 236 cm³/mol. The van der Waals surface area contributed by atoms with E-state index in [-0.39, 0.29) is 80.1 Å². The minimum Gasteiger partial charge on any atom is -0.395 e. The second kappa shape index (κ2) is 27.8. The molecule has 0 saturated carbocycles. The van der Waals surface area contributed by atoms with Gasteiger partial charge >= 0.3 is 0 Å². The highest BCUT2D eigenvalue weighted by molar-refractivity contribution is 6.09. The Morgan fingerprint density at radius 3 is 0.952 bits per heavy atom. The third kappa shape index (κ3) is 14.0. The summed E-state index contributed by atoms with van der Waals surface area (Å²) in [6.45, 7) is 15.0. The minimum atomic E-state index is -1.55. The van der Waals surface area contributed by atoms with E-state index in [1.54, 1.807) is 0 Å². The summed E-state index contributed by atoms with van der Waals surface area (Å²) in [5.74, 6) is -4.18. The van der Waals surface area contributed by atoms with Crippen molar-refractivity contribution in [3.05, 3.63) is 55.6 Å². The number of benzene rings is 2. The fourth-order valence-electron chi connectivity index (χ4n) is 7.15. The Hall–Kier alpha value is -5.02. The molecule has 0 aliphatic heterocycles. The number of hydrogen-bond acceptors (Lipinski definition) is 13. The molecular weight excluding hydrogens is 809 g/mol. The minimum absolute atomic E-state index is 0.0109. The van der Waals surface area contributed by atoms with Crippen LogP contribution in [0.4, 0.5) is 11.4 Å². The molecular formula is C43H70N6O13. The standard InChI is InChI=1S/C39H58N6O13.2C2H6/c1-19-30(36(55)40-9-11-46)21(3)34(23(5)32(19)38(57)42-27(15-48)16-49)44(25(7)52)13-29(54)14-45(26(8)53)35-22(4)31(37(56)41-10-12-47)20(2)33(24(35)6)39(58)43-28(17-50)18-51;2*1-2/h27-29,46-51,54H,9-18H2,1-8H3,(H,40,55)(H,41,56)(H,42,57)(H,43,58);2*1-2H3. The fraction of sp³-hybridized carbons (Fsp3) is 0.581. The predicted octanol–water partition coefficient (Wildman–Crippen LogP) is -0.0334. The van der Waals surface area contributed by atoms with E-state index < -0.39 is 106 Å². The van der Waals surface area contributed by atoms with E-state index in [4.69, 9.17) is 0 Å². The van der Waals surface area contributed by atoms with Gasteiger partial charge in [-0.2, -0.15) is 0 Å². The van der Waals surface area contributed by atoms with E-state index in [1.807, 2.05) is 27.7 Å². The number of nitrogens with one attached hydrogen (secondary N) is 4. The van der Waals surface area contributed by atoms with Crippen LogP contribution in [0, 0.1) is 41.5 Å². The maximum atomic E-state index is 13.7.